The summed E-state index contributed by atoms with van der Waals surface area (Å²) in [6.07, 6.45) is 1.60. The number of para-hydroxylation sites is 1. The van der Waals surface area contributed by atoms with Crippen molar-refractivity contribution < 1.29 is 9.53 Å². The number of anilines is 1. The monoisotopic (exact) mass is 330 g/mol. The standard InChI is InChI=1S/C20H30N2O2/c1-15(2)13-16-14-22(19(23)24-20(3,4)5)12-11-18(16)21-17-9-7-6-8-10-17/h6-10,16,18,21H,1,11-14H2,2-5H3/t16-,18+/m1/s1. The lowest BCUT2D eigenvalue weighted by Crippen LogP contribution is -2.49. The normalized spacial score (nSPS) is 21.2. The van der Waals surface area contributed by atoms with Crippen molar-refractivity contribution in [3.05, 3.63) is 42.5 Å². The predicted molar refractivity (Wildman–Crippen MR) is 99.2 cm³/mol. The SMILES string of the molecule is C=C(C)C[C@@H]1CN(C(=O)OC(C)(C)C)CC[C@@H]1Nc1ccccc1. The topological polar surface area (TPSA) is 41.6 Å². The molecule has 4 nitrogen and oxygen atoms in total. The highest BCUT2D eigenvalue weighted by Crippen LogP contribution is 2.27. The fraction of sp³-hybridized carbons (Fsp3) is 0.550. The fourth-order valence-corrected chi connectivity index (χ4v) is 3.12. The van der Waals surface area contributed by atoms with Crippen molar-refractivity contribution in [3.63, 3.8) is 0 Å². The van der Waals surface area contributed by atoms with E-state index >= 15 is 0 Å². The molecule has 1 aromatic carbocycles. The molecule has 2 rings (SSSR count). The van der Waals surface area contributed by atoms with E-state index in [1.54, 1.807) is 0 Å². The van der Waals surface area contributed by atoms with Crippen molar-refractivity contribution in [2.45, 2.75) is 52.2 Å². The van der Waals surface area contributed by atoms with Crippen molar-refractivity contribution in [3.8, 4) is 0 Å². The number of carbonyl (C=O) groups is 1. The first-order valence-electron chi connectivity index (χ1n) is 8.68. The third-order valence-electron chi connectivity index (χ3n) is 4.12. The van der Waals surface area contributed by atoms with Gasteiger partial charge in [-0.2, -0.15) is 0 Å². The Hall–Kier alpha value is -1.97. The second-order valence-corrected chi connectivity index (χ2v) is 7.75. The molecule has 0 aliphatic carbocycles. The Labute approximate surface area is 145 Å². The van der Waals surface area contributed by atoms with Crippen LogP contribution in [-0.2, 0) is 4.74 Å². The van der Waals surface area contributed by atoms with Gasteiger partial charge in [-0.25, -0.2) is 4.79 Å². The molecule has 132 valence electrons. The molecule has 0 spiro atoms. The van der Waals surface area contributed by atoms with Crippen LogP contribution in [0.25, 0.3) is 0 Å². The van der Waals surface area contributed by atoms with Gasteiger partial charge in [0.15, 0.2) is 0 Å². The average molecular weight is 330 g/mol. The third-order valence-corrected chi connectivity index (χ3v) is 4.12. The molecular weight excluding hydrogens is 300 g/mol. The summed E-state index contributed by atoms with van der Waals surface area (Å²) in [5, 5.41) is 3.62. The summed E-state index contributed by atoms with van der Waals surface area (Å²) < 4.78 is 5.53. The van der Waals surface area contributed by atoms with Crippen LogP contribution < -0.4 is 5.32 Å². The van der Waals surface area contributed by atoms with E-state index in [4.69, 9.17) is 4.74 Å². The lowest BCUT2D eigenvalue weighted by Gasteiger charge is -2.40. The van der Waals surface area contributed by atoms with Gasteiger partial charge >= 0.3 is 6.09 Å². The van der Waals surface area contributed by atoms with Gasteiger partial charge in [-0.05, 0) is 52.7 Å². The van der Waals surface area contributed by atoms with Crippen molar-refractivity contribution in [1.82, 2.24) is 4.90 Å². The molecule has 1 fully saturated rings. The summed E-state index contributed by atoms with van der Waals surface area (Å²) >= 11 is 0. The number of amides is 1. The van der Waals surface area contributed by atoms with Crippen LogP contribution in [0.3, 0.4) is 0 Å². The molecule has 0 radical (unpaired) electrons. The maximum atomic E-state index is 12.4. The first kappa shape index (κ1) is 18.4. The fourth-order valence-electron chi connectivity index (χ4n) is 3.12. The van der Waals surface area contributed by atoms with Crippen LogP contribution in [-0.4, -0.2) is 35.7 Å². The summed E-state index contributed by atoms with van der Waals surface area (Å²) in [7, 11) is 0. The molecule has 1 heterocycles. The molecule has 1 aromatic rings. The molecule has 0 unspecified atom stereocenters. The molecule has 1 saturated heterocycles. The highest BCUT2D eigenvalue weighted by atomic mass is 16.6. The van der Waals surface area contributed by atoms with Crippen molar-refractivity contribution in [2.75, 3.05) is 18.4 Å². The van der Waals surface area contributed by atoms with Gasteiger partial charge in [0.25, 0.3) is 0 Å². The first-order valence-corrected chi connectivity index (χ1v) is 8.68. The molecule has 0 bridgehead atoms. The first-order chi connectivity index (χ1) is 11.2. The van der Waals surface area contributed by atoms with E-state index in [1.165, 1.54) is 0 Å². The minimum Gasteiger partial charge on any atom is -0.444 e. The van der Waals surface area contributed by atoms with Gasteiger partial charge in [-0.1, -0.05) is 23.8 Å². The zero-order chi connectivity index (χ0) is 17.7. The zero-order valence-corrected chi connectivity index (χ0v) is 15.3. The average Bonchev–Trinajstić information content (AvgIpc) is 2.47. The summed E-state index contributed by atoms with van der Waals surface area (Å²) in [4.78, 5) is 14.2. The van der Waals surface area contributed by atoms with E-state index in [2.05, 4.69) is 24.0 Å². The van der Waals surface area contributed by atoms with Gasteiger partial charge in [-0.3, -0.25) is 0 Å². The number of hydrogen-bond donors (Lipinski definition) is 1. The number of rotatable bonds is 4. The van der Waals surface area contributed by atoms with Gasteiger partial charge in [0.2, 0.25) is 0 Å². The Morgan fingerprint density at radius 3 is 2.58 bits per heavy atom. The minimum absolute atomic E-state index is 0.215. The molecule has 1 amide bonds. The van der Waals surface area contributed by atoms with E-state index in [9.17, 15) is 4.79 Å². The number of carbonyl (C=O) groups excluding carboxylic acids is 1. The number of benzene rings is 1. The Balaban J connectivity index is 2.04. The van der Waals surface area contributed by atoms with Crippen LogP contribution in [0.5, 0.6) is 0 Å². The van der Waals surface area contributed by atoms with Gasteiger partial charge < -0.3 is 15.0 Å². The highest BCUT2D eigenvalue weighted by molar-refractivity contribution is 5.68. The van der Waals surface area contributed by atoms with Crippen molar-refractivity contribution in [1.29, 1.82) is 0 Å². The molecule has 0 aromatic heterocycles. The number of hydrogen-bond acceptors (Lipinski definition) is 3. The van der Waals surface area contributed by atoms with Gasteiger partial charge in [0, 0.05) is 30.7 Å². The molecule has 24 heavy (non-hydrogen) atoms. The van der Waals surface area contributed by atoms with Crippen LogP contribution in [0.4, 0.5) is 10.5 Å². The minimum atomic E-state index is -0.458. The maximum absolute atomic E-state index is 12.4. The Kier molecular flexibility index (Phi) is 5.92. The number of nitrogens with one attached hydrogen (secondary N) is 1. The molecule has 4 heteroatoms. The summed E-state index contributed by atoms with van der Waals surface area (Å²) in [6.45, 7) is 13.2. The highest BCUT2D eigenvalue weighted by Gasteiger charge is 2.33. The van der Waals surface area contributed by atoms with E-state index in [-0.39, 0.29) is 6.09 Å². The lowest BCUT2D eigenvalue weighted by molar-refractivity contribution is 0.0155. The maximum Gasteiger partial charge on any atom is 0.410 e. The summed E-state index contributed by atoms with van der Waals surface area (Å²) in [5.41, 5.74) is 1.81. The molecule has 0 saturated carbocycles. The molecule has 1 aliphatic rings. The van der Waals surface area contributed by atoms with Crippen molar-refractivity contribution >= 4 is 11.8 Å². The van der Waals surface area contributed by atoms with Gasteiger partial charge in [0.05, 0.1) is 0 Å². The van der Waals surface area contributed by atoms with Crippen molar-refractivity contribution in [2.24, 2.45) is 5.92 Å². The molecule has 1 N–H and O–H groups in total. The van der Waals surface area contributed by atoms with Crippen LogP contribution in [0, 0.1) is 5.92 Å². The number of ether oxygens (including phenoxy) is 1. The second kappa shape index (κ2) is 7.73. The Morgan fingerprint density at radius 1 is 1.33 bits per heavy atom. The third kappa shape index (κ3) is 5.59. The summed E-state index contributed by atoms with van der Waals surface area (Å²) in [6, 6.07) is 10.6. The van der Waals surface area contributed by atoms with E-state index in [0.29, 0.717) is 25.0 Å². The smallest absolute Gasteiger partial charge is 0.410 e. The number of piperidine rings is 1. The quantitative estimate of drug-likeness (QED) is 0.814. The van der Waals surface area contributed by atoms with Crippen LogP contribution in [0.15, 0.2) is 42.5 Å². The molecule has 1 aliphatic heterocycles. The Morgan fingerprint density at radius 2 is 2.00 bits per heavy atom. The zero-order valence-electron chi connectivity index (χ0n) is 15.3. The largest absolute Gasteiger partial charge is 0.444 e. The number of likely N-dealkylation sites (tertiary alicyclic amines) is 1. The van der Waals surface area contributed by atoms with E-state index in [1.807, 2.05) is 50.8 Å². The van der Waals surface area contributed by atoms with Gasteiger partial charge in [0.1, 0.15) is 5.60 Å². The second-order valence-electron chi connectivity index (χ2n) is 7.75. The van der Waals surface area contributed by atoms with E-state index in [0.717, 1.165) is 24.1 Å². The van der Waals surface area contributed by atoms with Crippen LogP contribution in [0.1, 0.15) is 40.5 Å². The van der Waals surface area contributed by atoms with Crippen LogP contribution in [0.2, 0.25) is 0 Å². The molecule has 2 atom stereocenters. The lowest BCUT2D eigenvalue weighted by atomic mass is 9.87. The van der Waals surface area contributed by atoms with Crippen LogP contribution >= 0.6 is 0 Å². The predicted octanol–water partition coefficient (Wildman–Crippen LogP) is 4.69. The van der Waals surface area contributed by atoms with Gasteiger partial charge in [-0.15, -0.1) is 6.58 Å². The Bertz CT molecular complexity index is 563. The number of allylic oxidation sites excluding steroid dienone is 1. The molecular formula is C20H30N2O2. The van der Waals surface area contributed by atoms with E-state index < -0.39 is 5.60 Å². The summed E-state index contributed by atoms with van der Waals surface area (Å²) in [5.74, 6) is 0.337. The number of nitrogens with zero attached hydrogens (tertiary/aromatic N) is 1.